The van der Waals surface area contributed by atoms with Crippen molar-refractivity contribution in [3.63, 3.8) is 0 Å². The van der Waals surface area contributed by atoms with E-state index in [1.165, 1.54) is 0 Å². The van der Waals surface area contributed by atoms with Crippen molar-refractivity contribution in [2.45, 2.75) is 78.0 Å². The van der Waals surface area contributed by atoms with Crippen LogP contribution in [-0.4, -0.2) is 54.1 Å². The number of piperidine rings is 1. The molecule has 1 aromatic rings. The fraction of sp³-hybridized carbons (Fsp3) is 0.538. The van der Waals surface area contributed by atoms with Crippen LogP contribution in [0.25, 0.3) is 0 Å². The van der Waals surface area contributed by atoms with Gasteiger partial charge in [-0.25, -0.2) is 9.59 Å². The molecule has 2 aliphatic heterocycles. The first-order valence-electron chi connectivity index (χ1n) is 12.2. The van der Waals surface area contributed by atoms with E-state index in [4.69, 9.17) is 9.47 Å². The number of hydrogen-bond acceptors (Lipinski definition) is 7. The number of anilines is 3. The Kier molecular flexibility index (Phi) is 8.27. The molecule has 36 heavy (non-hydrogen) atoms. The van der Waals surface area contributed by atoms with E-state index in [2.05, 4.69) is 25.8 Å². The Morgan fingerprint density at radius 3 is 2.33 bits per heavy atom. The van der Waals surface area contributed by atoms with Gasteiger partial charge in [-0.3, -0.25) is 15.1 Å². The van der Waals surface area contributed by atoms with E-state index in [0.29, 0.717) is 30.1 Å². The van der Waals surface area contributed by atoms with Crippen molar-refractivity contribution in [2.24, 2.45) is 4.99 Å². The molecule has 3 rings (SSSR count). The minimum absolute atomic E-state index is 0.111. The lowest BCUT2D eigenvalue weighted by Crippen LogP contribution is -2.49. The number of carbonyl (C=O) groups is 3. The van der Waals surface area contributed by atoms with E-state index in [9.17, 15) is 14.4 Å². The van der Waals surface area contributed by atoms with Gasteiger partial charge >= 0.3 is 12.2 Å². The van der Waals surface area contributed by atoms with Crippen molar-refractivity contribution in [2.75, 3.05) is 28.6 Å². The second-order valence-electron chi connectivity index (χ2n) is 10.9. The number of nitrogens with one attached hydrogen (secondary N) is 3. The van der Waals surface area contributed by atoms with Crippen molar-refractivity contribution in [1.29, 1.82) is 0 Å². The Bertz CT molecular complexity index is 1050. The van der Waals surface area contributed by atoms with E-state index in [0.717, 1.165) is 25.1 Å². The summed E-state index contributed by atoms with van der Waals surface area (Å²) < 4.78 is 10.8. The summed E-state index contributed by atoms with van der Waals surface area (Å²) in [6, 6.07) is 5.19. The second-order valence-corrected chi connectivity index (χ2v) is 10.9. The zero-order chi connectivity index (χ0) is 26.5. The van der Waals surface area contributed by atoms with Gasteiger partial charge in [0.2, 0.25) is 0 Å². The van der Waals surface area contributed by atoms with Gasteiger partial charge < -0.3 is 25.0 Å². The number of alkyl carbamates (subject to hydrolysis) is 1. The average Bonchev–Trinajstić information content (AvgIpc) is 3.26. The predicted octanol–water partition coefficient (Wildman–Crippen LogP) is 4.82. The highest BCUT2D eigenvalue weighted by atomic mass is 16.6. The average molecular weight is 500 g/mol. The van der Waals surface area contributed by atoms with Crippen molar-refractivity contribution in [3.05, 3.63) is 30.5 Å². The minimum Gasteiger partial charge on any atom is -0.444 e. The number of nitrogens with zero attached hydrogens (tertiary/aromatic N) is 2. The first-order chi connectivity index (χ1) is 16.8. The summed E-state index contributed by atoms with van der Waals surface area (Å²) in [6.07, 6.45) is 4.51. The summed E-state index contributed by atoms with van der Waals surface area (Å²) in [6.45, 7) is 12.1. The number of allylic oxidation sites excluding steroid dienone is 1. The van der Waals surface area contributed by atoms with Crippen molar-refractivity contribution in [3.8, 4) is 0 Å². The van der Waals surface area contributed by atoms with Gasteiger partial charge in [0.15, 0.2) is 0 Å². The molecule has 1 aromatic carbocycles. The summed E-state index contributed by atoms with van der Waals surface area (Å²) in [5, 5.41) is 8.61. The first-order valence-corrected chi connectivity index (χ1v) is 12.2. The lowest BCUT2D eigenvalue weighted by molar-refractivity contribution is -0.110. The van der Waals surface area contributed by atoms with E-state index >= 15 is 0 Å². The molecule has 10 nitrogen and oxygen atoms in total. The quantitative estimate of drug-likeness (QED) is 0.534. The van der Waals surface area contributed by atoms with Crippen LogP contribution in [0.3, 0.4) is 0 Å². The molecule has 0 saturated carbocycles. The van der Waals surface area contributed by atoms with Gasteiger partial charge in [-0.1, -0.05) is 6.08 Å². The number of carbonyl (C=O) groups excluding carboxylic acids is 3. The van der Waals surface area contributed by atoms with Crippen molar-refractivity contribution >= 4 is 40.9 Å². The molecule has 0 radical (unpaired) electrons. The van der Waals surface area contributed by atoms with Crippen molar-refractivity contribution < 1.29 is 23.9 Å². The van der Waals surface area contributed by atoms with E-state index in [1.807, 2.05) is 32.9 Å². The molecule has 1 fully saturated rings. The topological polar surface area (TPSA) is 121 Å². The standard InChI is InChI=1S/C26H37N5O5/c1-25(2,3)35-23(33)28-17-11-12-21(20(15-17)30-22(32)19-10-7-13-27-19)31-14-8-9-18(16-31)29-24(34)36-26(4,5)6/h7,11-13,15,18H,8-10,14,16H2,1-6H3,(H,28,33)(H,29,34)(H,30,32)/t18-/m1/s1. The largest absolute Gasteiger partial charge is 0.444 e. The molecule has 2 heterocycles. The van der Waals surface area contributed by atoms with E-state index in [1.54, 1.807) is 39.1 Å². The fourth-order valence-corrected chi connectivity index (χ4v) is 3.90. The van der Waals surface area contributed by atoms with Crippen LogP contribution in [0.15, 0.2) is 35.5 Å². The highest BCUT2D eigenvalue weighted by Crippen LogP contribution is 2.32. The van der Waals surface area contributed by atoms with Crippen LogP contribution in [0.2, 0.25) is 0 Å². The van der Waals surface area contributed by atoms with Crippen molar-refractivity contribution in [1.82, 2.24) is 5.32 Å². The van der Waals surface area contributed by atoms with Gasteiger partial charge in [0, 0.05) is 37.4 Å². The fourth-order valence-electron chi connectivity index (χ4n) is 3.90. The molecule has 3 amide bonds. The molecule has 3 N–H and O–H groups in total. The molecule has 0 spiro atoms. The van der Waals surface area contributed by atoms with Crippen LogP contribution in [0.5, 0.6) is 0 Å². The van der Waals surface area contributed by atoms with Crippen LogP contribution in [0, 0.1) is 0 Å². The van der Waals surface area contributed by atoms with Crippen LogP contribution in [-0.2, 0) is 14.3 Å². The van der Waals surface area contributed by atoms with Gasteiger partial charge in [0.1, 0.15) is 16.9 Å². The molecule has 10 heteroatoms. The molecule has 1 atom stereocenters. The number of ether oxygens (including phenoxy) is 2. The SMILES string of the molecule is CC(C)(C)OC(=O)Nc1ccc(N2CCC[C@@H](NC(=O)OC(C)(C)C)C2)c(NC(=O)C2=NC=CC2)c1. The monoisotopic (exact) mass is 499 g/mol. The summed E-state index contributed by atoms with van der Waals surface area (Å²) in [4.78, 5) is 43.6. The van der Waals surface area contributed by atoms with Crippen LogP contribution >= 0.6 is 0 Å². The van der Waals surface area contributed by atoms with Crippen LogP contribution in [0.1, 0.15) is 60.8 Å². The third-order valence-electron chi connectivity index (χ3n) is 5.28. The van der Waals surface area contributed by atoms with Gasteiger partial charge in [-0.05, 0) is 72.6 Å². The van der Waals surface area contributed by atoms with Crippen LogP contribution in [0.4, 0.5) is 26.7 Å². The maximum atomic E-state index is 12.8. The highest BCUT2D eigenvalue weighted by Gasteiger charge is 2.27. The van der Waals surface area contributed by atoms with E-state index in [-0.39, 0.29) is 11.9 Å². The molecule has 196 valence electrons. The number of aliphatic imine (C=N–C) groups is 1. The van der Waals surface area contributed by atoms with E-state index < -0.39 is 23.4 Å². The number of hydrogen-bond donors (Lipinski definition) is 3. The lowest BCUT2D eigenvalue weighted by atomic mass is 10.0. The Morgan fingerprint density at radius 1 is 1.00 bits per heavy atom. The molecule has 1 saturated heterocycles. The molecule has 0 aromatic heterocycles. The Hall–Kier alpha value is -3.56. The predicted molar refractivity (Wildman–Crippen MR) is 141 cm³/mol. The Balaban J connectivity index is 1.79. The highest BCUT2D eigenvalue weighted by molar-refractivity contribution is 6.44. The number of rotatable bonds is 5. The molecular weight excluding hydrogens is 462 g/mol. The molecule has 0 bridgehead atoms. The van der Waals surface area contributed by atoms with Gasteiger partial charge in [-0.15, -0.1) is 0 Å². The van der Waals surface area contributed by atoms with Gasteiger partial charge in [0.05, 0.1) is 11.4 Å². The second kappa shape index (κ2) is 11.0. The summed E-state index contributed by atoms with van der Waals surface area (Å²) in [5.74, 6) is -0.309. The summed E-state index contributed by atoms with van der Waals surface area (Å²) >= 11 is 0. The zero-order valence-electron chi connectivity index (χ0n) is 21.9. The maximum Gasteiger partial charge on any atom is 0.412 e. The third kappa shape index (κ3) is 8.28. The maximum absolute atomic E-state index is 12.8. The third-order valence-corrected chi connectivity index (χ3v) is 5.28. The first kappa shape index (κ1) is 27.0. The lowest BCUT2D eigenvalue weighted by Gasteiger charge is -2.36. The smallest absolute Gasteiger partial charge is 0.412 e. The number of benzene rings is 1. The number of amides is 3. The molecular formula is C26H37N5O5. The molecule has 2 aliphatic rings. The molecule has 0 unspecified atom stereocenters. The normalized spacial score (nSPS) is 17.8. The summed E-state index contributed by atoms with van der Waals surface area (Å²) in [7, 11) is 0. The molecule has 0 aliphatic carbocycles. The van der Waals surface area contributed by atoms with Gasteiger partial charge in [-0.2, -0.15) is 0 Å². The minimum atomic E-state index is -0.640. The van der Waals surface area contributed by atoms with Gasteiger partial charge in [0.25, 0.3) is 5.91 Å². The summed E-state index contributed by atoms with van der Waals surface area (Å²) in [5.41, 5.74) is 0.981. The Morgan fingerprint density at radius 2 is 1.69 bits per heavy atom. The van der Waals surface area contributed by atoms with Crippen LogP contribution < -0.4 is 20.9 Å². The zero-order valence-corrected chi connectivity index (χ0v) is 21.9. The Labute approximate surface area is 212 Å².